The number of amides is 1. The van der Waals surface area contributed by atoms with E-state index in [0.717, 1.165) is 0 Å². The van der Waals surface area contributed by atoms with Gasteiger partial charge in [0.15, 0.2) is 0 Å². The highest BCUT2D eigenvalue weighted by molar-refractivity contribution is 6.01. The van der Waals surface area contributed by atoms with Gasteiger partial charge in [0.25, 0.3) is 18.8 Å². The number of carbonyl (C=O) groups is 1. The molecule has 25 heavy (non-hydrogen) atoms. The molecule has 1 aliphatic heterocycles. The fourth-order valence-electron chi connectivity index (χ4n) is 2.55. The molecular formula is C16H12F4N2O3. The quantitative estimate of drug-likeness (QED) is 0.740. The molecule has 1 unspecified atom stereocenters. The largest absolute Gasteiger partial charge is 0.507 e. The molecule has 0 bridgehead atoms. The van der Waals surface area contributed by atoms with Crippen molar-refractivity contribution in [2.24, 2.45) is 0 Å². The first-order valence-electron chi connectivity index (χ1n) is 7.08. The van der Waals surface area contributed by atoms with E-state index in [0.29, 0.717) is 10.8 Å². The Labute approximate surface area is 138 Å². The van der Waals surface area contributed by atoms with Gasteiger partial charge < -0.3 is 10.2 Å². The lowest BCUT2D eigenvalue weighted by atomic mass is 10.0. The van der Waals surface area contributed by atoms with Crippen LogP contribution in [0.1, 0.15) is 10.4 Å². The first-order chi connectivity index (χ1) is 11.7. The summed E-state index contributed by atoms with van der Waals surface area (Å²) >= 11 is 0. The second kappa shape index (κ2) is 5.92. The Morgan fingerprint density at radius 2 is 1.72 bits per heavy atom. The summed E-state index contributed by atoms with van der Waals surface area (Å²) in [7, 11) is 0. The molecule has 0 saturated heterocycles. The smallest absolute Gasteiger partial charge is 0.291 e. The summed E-state index contributed by atoms with van der Waals surface area (Å²) in [5.74, 6) is -1.81. The fraction of sp³-hybridized carbons (Fsp3) is 0.188. The lowest BCUT2D eigenvalue weighted by Gasteiger charge is -2.31. The Kier molecular flexibility index (Phi) is 4.03. The molecule has 1 atom stereocenters. The highest BCUT2D eigenvalue weighted by Gasteiger charge is 2.51. The van der Waals surface area contributed by atoms with Crippen LogP contribution in [0.25, 0.3) is 10.8 Å². The summed E-state index contributed by atoms with van der Waals surface area (Å²) in [4.78, 5) is 12.5. The van der Waals surface area contributed by atoms with Crippen molar-refractivity contribution in [2.45, 2.75) is 18.6 Å². The van der Waals surface area contributed by atoms with Crippen LogP contribution in [0.3, 0.4) is 0 Å². The van der Waals surface area contributed by atoms with Gasteiger partial charge in [0, 0.05) is 6.08 Å². The van der Waals surface area contributed by atoms with E-state index >= 15 is 0 Å². The minimum atomic E-state index is -3.55. The van der Waals surface area contributed by atoms with Crippen LogP contribution in [0.2, 0.25) is 0 Å². The van der Waals surface area contributed by atoms with E-state index in [1.165, 1.54) is 12.1 Å². The van der Waals surface area contributed by atoms with E-state index in [4.69, 9.17) is 0 Å². The monoisotopic (exact) mass is 356 g/mol. The number of hydrogen-bond donors (Lipinski definition) is 3. The van der Waals surface area contributed by atoms with Crippen LogP contribution < -0.4 is 5.43 Å². The normalized spacial score (nSPS) is 20.3. The van der Waals surface area contributed by atoms with Gasteiger partial charge in [0.2, 0.25) is 5.72 Å². The lowest BCUT2D eigenvalue weighted by molar-refractivity contribution is -0.146. The van der Waals surface area contributed by atoms with Gasteiger partial charge in [-0.25, -0.2) is 22.6 Å². The van der Waals surface area contributed by atoms with Gasteiger partial charge in [0.05, 0.1) is 11.3 Å². The molecule has 0 aromatic heterocycles. The van der Waals surface area contributed by atoms with E-state index in [1.54, 1.807) is 29.7 Å². The number of halogens is 4. The van der Waals surface area contributed by atoms with Gasteiger partial charge >= 0.3 is 0 Å². The zero-order valence-corrected chi connectivity index (χ0v) is 12.5. The van der Waals surface area contributed by atoms with Crippen LogP contribution in [-0.2, 0) is 0 Å². The fourth-order valence-corrected chi connectivity index (χ4v) is 2.55. The molecule has 132 valence electrons. The number of alkyl halides is 4. The molecule has 0 radical (unpaired) electrons. The number of phenolic OH excluding ortho intramolecular Hbond substituents is 1. The number of carbonyl (C=O) groups excluding carboxylic acids is 1. The number of benzene rings is 2. The van der Waals surface area contributed by atoms with Crippen LogP contribution in [0.15, 0.2) is 48.2 Å². The first-order valence-corrected chi connectivity index (χ1v) is 7.08. The topological polar surface area (TPSA) is 72.8 Å². The molecule has 1 heterocycles. The second-order valence-electron chi connectivity index (χ2n) is 5.45. The van der Waals surface area contributed by atoms with Gasteiger partial charge in [-0.1, -0.05) is 24.3 Å². The number of rotatable bonds is 3. The molecule has 9 heteroatoms. The van der Waals surface area contributed by atoms with Crippen molar-refractivity contribution in [3.05, 3.63) is 53.7 Å². The Morgan fingerprint density at radius 1 is 1.12 bits per heavy atom. The number of allylic oxidation sites excluding steroid dienone is 1. The van der Waals surface area contributed by atoms with Gasteiger partial charge in [-0.2, -0.15) is 0 Å². The third-order valence-corrected chi connectivity index (χ3v) is 3.82. The summed E-state index contributed by atoms with van der Waals surface area (Å²) in [6.07, 6.45) is -6.56. The Morgan fingerprint density at radius 3 is 2.28 bits per heavy atom. The van der Waals surface area contributed by atoms with Gasteiger partial charge in [0.1, 0.15) is 5.75 Å². The predicted molar refractivity (Wildman–Crippen MR) is 80.0 cm³/mol. The van der Waals surface area contributed by atoms with Crippen molar-refractivity contribution in [3.8, 4) is 5.75 Å². The summed E-state index contributed by atoms with van der Waals surface area (Å²) in [6, 6.07) is 9.09. The summed E-state index contributed by atoms with van der Waals surface area (Å²) < 4.78 is 52.0. The molecule has 3 rings (SSSR count). The first kappa shape index (κ1) is 17.0. The summed E-state index contributed by atoms with van der Waals surface area (Å²) in [5.41, 5.74) is -2.93. The standard InChI is InChI=1S/C16H12F4N2O3/c17-13(18)11-7-16(25,15(19)20)22(21-11)14(24)10-5-8-3-1-2-4-9(8)6-12(10)23/h1-7,13,15,21,23,25H. The maximum atomic E-state index is 13.2. The van der Waals surface area contributed by atoms with Crippen molar-refractivity contribution >= 4 is 16.7 Å². The lowest BCUT2D eigenvalue weighted by Crippen LogP contribution is -2.56. The van der Waals surface area contributed by atoms with E-state index in [-0.39, 0.29) is 11.1 Å². The molecule has 5 nitrogen and oxygen atoms in total. The number of fused-ring (bicyclic) bond motifs is 1. The average Bonchev–Trinajstić information content (AvgIpc) is 2.93. The SMILES string of the molecule is O=C(c1cc2ccccc2cc1O)N1NC(C(F)F)=CC1(O)C(F)F. The van der Waals surface area contributed by atoms with Crippen molar-refractivity contribution in [1.82, 2.24) is 10.4 Å². The zero-order chi connectivity index (χ0) is 18.4. The van der Waals surface area contributed by atoms with Gasteiger partial charge in [-0.15, -0.1) is 0 Å². The number of nitrogens with one attached hydrogen (secondary N) is 1. The molecule has 2 aromatic carbocycles. The number of hydrogen-bond acceptors (Lipinski definition) is 4. The number of aliphatic hydroxyl groups is 1. The highest BCUT2D eigenvalue weighted by Crippen LogP contribution is 2.33. The van der Waals surface area contributed by atoms with E-state index < -0.39 is 41.5 Å². The zero-order valence-electron chi connectivity index (χ0n) is 12.5. The van der Waals surface area contributed by atoms with Gasteiger partial charge in [-0.3, -0.25) is 10.2 Å². The minimum absolute atomic E-state index is 0.0109. The van der Waals surface area contributed by atoms with Crippen LogP contribution in [-0.4, -0.2) is 39.7 Å². The van der Waals surface area contributed by atoms with E-state index in [9.17, 15) is 32.6 Å². The van der Waals surface area contributed by atoms with Crippen molar-refractivity contribution in [2.75, 3.05) is 0 Å². The molecule has 1 amide bonds. The average molecular weight is 356 g/mol. The highest BCUT2D eigenvalue weighted by atomic mass is 19.3. The van der Waals surface area contributed by atoms with Gasteiger partial charge in [-0.05, 0) is 22.9 Å². The maximum absolute atomic E-state index is 13.2. The van der Waals surface area contributed by atoms with Crippen molar-refractivity contribution in [1.29, 1.82) is 0 Å². The molecular weight excluding hydrogens is 344 g/mol. The molecule has 1 aliphatic rings. The number of phenols is 1. The Bertz CT molecular complexity index is 872. The predicted octanol–water partition coefficient (Wildman–Crippen LogP) is 2.61. The Balaban J connectivity index is 2.04. The van der Waals surface area contributed by atoms with Crippen molar-refractivity contribution in [3.63, 3.8) is 0 Å². The number of nitrogens with zero attached hydrogens (tertiary/aromatic N) is 1. The third-order valence-electron chi connectivity index (χ3n) is 3.82. The van der Waals surface area contributed by atoms with Crippen LogP contribution >= 0.6 is 0 Å². The van der Waals surface area contributed by atoms with Crippen LogP contribution in [0, 0.1) is 0 Å². The maximum Gasteiger partial charge on any atom is 0.291 e. The molecule has 0 spiro atoms. The molecule has 3 N–H and O–H groups in total. The van der Waals surface area contributed by atoms with Crippen LogP contribution in [0.5, 0.6) is 5.75 Å². The molecule has 0 aliphatic carbocycles. The summed E-state index contributed by atoms with van der Waals surface area (Å²) in [5, 5.41) is 21.1. The minimum Gasteiger partial charge on any atom is -0.507 e. The third kappa shape index (κ3) is 2.76. The number of aromatic hydroxyl groups is 1. The van der Waals surface area contributed by atoms with Crippen molar-refractivity contribution < 1.29 is 32.6 Å². The molecule has 2 aromatic rings. The number of hydrazine groups is 1. The second-order valence-corrected chi connectivity index (χ2v) is 5.45. The molecule has 0 fully saturated rings. The molecule has 0 saturated carbocycles. The van der Waals surface area contributed by atoms with Crippen LogP contribution in [0.4, 0.5) is 17.6 Å². The summed E-state index contributed by atoms with van der Waals surface area (Å²) in [6.45, 7) is 0. The Hall–Kier alpha value is -2.81. The van der Waals surface area contributed by atoms with E-state index in [2.05, 4.69) is 0 Å². The van der Waals surface area contributed by atoms with E-state index in [1.807, 2.05) is 0 Å².